The summed E-state index contributed by atoms with van der Waals surface area (Å²) < 4.78 is 10.7. The number of benzene rings is 1. The van der Waals surface area contributed by atoms with Crippen LogP contribution >= 0.6 is 0 Å². The van der Waals surface area contributed by atoms with Crippen LogP contribution in [0.5, 0.6) is 11.5 Å². The van der Waals surface area contributed by atoms with Gasteiger partial charge in [-0.25, -0.2) is 0 Å². The molecule has 0 radical (unpaired) electrons. The van der Waals surface area contributed by atoms with Crippen molar-refractivity contribution in [2.24, 2.45) is 0 Å². The van der Waals surface area contributed by atoms with Gasteiger partial charge in [0.15, 0.2) is 0 Å². The average molecular weight is 251 g/mol. The molecule has 0 spiro atoms. The molecule has 0 saturated carbocycles. The molecule has 3 heteroatoms. The van der Waals surface area contributed by atoms with Gasteiger partial charge in [-0.05, 0) is 45.4 Å². The first-order valence-electron chi connectivity index (χ1n) is 6.43. The molecule has 1 aromatic carbocycles. The molecule has 1 unspecified atom stereocenters. The molecule has 0 aliphatic carbocycles. The Morgan fingerprint density at radius 1 is 1.22 bits per heavy atom. The number of nitrogens with one attached hydrogen (secondary N) is 1. The smallest absolute Gasteiger partial charge is 0.123 e. The average Bonchev–Trinajstić information content (AvgIpc) is 2.37. The first-order valence-corrected chi connectivity index (χ1v) is 6.43. The molecule has 0 fully saturated rings. The Bertz CT molecular complexity index is 388. The molecule has 0 aromatic heterocycles. The minimum atomic E-state index is 0.105. The molecule has 1 rings (SSSR count). The lowest BCUT2D eigenvalue weighted by molar-refractivity contribution is 0.327. The summed E-state index contributed by atoms with van der Waals surface area (Å²) in [5.41, 5.74) is 1.23. The second kappa shape index (κ2) is 6.10. The van der Waals surface area contributed by atoms with Crippen molar-refractivity contribution >= 4 is 0 Å². The Morgan fingerprint density at radius 2 is 1.89 bits per heavy atom. The van der Waals surface area contributed by atoms with Crippen LogP contribution in [0.1, 0.15) is 45.7 Å². The third-order valence-electron chi connectivity index (χ3n) is 3.39. The summed E-state index contributed by atoms with van der Waals surface area (Å²) in [4.78, 5) is 0. The van der Waals surface area contributed by atoms with Crippen LogP contribution in [-0.2, 0) is 0 Å². The minimum Gasteiger partial charge on any atom is -0.497 e. The van der Waals surface area contributed by atoms with Crippen molar-refractivity contribution in [2.75, 3.05) is 14.2 Å². The quantitative estimate of drug-likeness (QED) is 0.838. The predicted molar refractivity (Wildman–Crippen MR) is 75.5 cm³/mol. The number of ether oxygens (including phenoxy) is 2. The Kier molecular flexibility index (Phi) is 5.03. The molecule has 1 aromatic rings. The van der Waals surface area contributed by atoms with Gasteiger partial charge in [0.1, 0.15) is 11.5 Å². The van der Waals surface area contributed by atoms with Crippen molar-refractivity contribution in [1.82, 2.24) is 5.32 Å². The van der Waals surface area contributed by atoms with Crippen molar-refractivity contribution in [2.45, 2.75) is 45.7 Å². The standard InChI is InChI=1S/C15H25NO2/c1-7-15(3,4)16-11(2)13-10-12(17-5)8-9-14(13)18-6/h8-11,16H,7H2,1-6H3. The second-order valence-corrected chi connectivity index (χ2v) is 5.21. The van der Waals surface area contributed by atoms with Crippen LogP contribution in [0.4, 0.5) is 0 Å². The monoisotopic (exact) mass is 251 g/mol. The molecule has 0 aliphatic heterocycles. The maximum absolute atomic E-state index is 5.42. The van der Waals surface area contributed by atoms with Gasteiger partial charge >= 0.3 is 0 Å². The lowest BCUT2D eigenvalue weighted by Crippen LogP contribution is -2.40. The fraction of sp³-hybridized carbons (Fsp3) is 0.600. The molecule has 0 heterocycles. The van der Waals surface area contributed by atoms with Crippen molar-refractivity contribution in [1.29, 1.82) is 0 Å². The summed E-state index contributed by atoms with van der Waals surface area (Å²) in [6.45, 7) is 8.74. The van der Waals surface area contributed by atoms with Crippen molar-refractivity contribution in [3.63, 3.8) is 0 Å². The third kappa shape index (κ3) is 3.64. The van der Waals surface area contributed by atoms with E-state index in [0.717, 1.165) is 23.5 Å². The minimum absolute atomic E-state index is 0.105. The maximum Gasteiger partial charge on any atom is 0.123 e. The largest absolute Gasteiger partial charge is 0.497 e. The van der Waals surface area contributed by atoms with Gasteiger partial charge in [-0.3, -0.25) is 0 Å². The molecular weight excluding hydrogens is 226 g/mol. The second-order valence-electron chi connectivity index (χ2n) is 5.21. The summed E-state index contributed by atoms with van der Waals surface area (Å²) in [6.07, 6.45) is 1.07. The zero-order valence-electron chi connectivity index (χ0n) is 12.3. The number of methoxy groups -OCH3 is 2. The predicted octanol–water partition coefficient (Wildman–Crippen LogP) is 3.54. The van der Waals surface area contributed by atoms with Crippen molar-refractivity contribution in [3.8, 4) is 11.5 Å². The van der Waals surface area contributed by atoms with E-state index >= 15 is 0 Å². The Morgan fingerprint density at radius 3 is 2.39 bits per heavy atom. The SMILES string of the molecule is CCC(C)(C)NC(C)c1cc(OC)ccc1OC. The highest BCUT2D eigenvalue weighted by molar-refractivity contribution is 5.42. The van der Waals surface area contributed by atoms with Gasteiger partial charge in [0.05, 0.1) is 14.2 Å². The van der Waals surface area contributed by atoms with E-state index in [9.17, 15) is 0 Å². The Hall–Kier alpha value is -1.22. The molecule has 102 valence electrons. The molecule has 18 heavy (non-hydrogen) atoms. The van der Waals surface area contributed by atoms with Gasteiger partial charge in [0, 0.05) is 17.1 Å². The highest BCUT2D eigenvalue weighted by Crippen LogP contribution is 2.30. The van der Waals surface area contributed by atoms with Gasteiger partial charge in [-0.15, -0.1) is 0 Å². The molecule has 0 saturated heterocycles. The van der Waals surface area contributed by atoms with E-state index in [1.54, 1.807) is 14.2 Å². The molecule has 0 amide bonds. The summed E-state index contributed by atoms with van der Waals surface area (Å²) in [6, 6.07) is 6.11. The first-order chi connectivity index (χ1) is 8.43. The summed E-state index contributed by atoms with van der Waals surface area (Å²) >= 11 is 0. The van der Waals surface area contributed by atoms with Crippen LogP contribution in [0, 0.1) is 0 Å². The van der Waals surface area contributed by atoms with Crippen LogP contribution in [-0.4, -0.2) is 19.8 Å². The summed E-state index contributed by atoms with van der Waals surface area (Å²) in [5, 5.41) is 3.61. The maximum atomic E-state index is 5.42. The Balaban J connectivity index is 2.99. The number of rotatable bonds is 6. The van der Waals surface area contributed by atoms with Gasteiger partial charge < -0.3 is 14.8 Å². The molecule has 1 atom stereocenters. The van der Waals surface area contributed by atoms with Gasteiger partial charge in [-0.1, -0.05) is 6.92 Å². The molecular formula is C15H25NO2. The zero-order chi connectivity index (χ0) is 13.8. The van der Waals surface area contributed by atoms with Crippen LogP contribution in [0.3, 0.4) is 0 Å². The molecule has 0 aliphatic rings. The van der Waals surface area contributed by atoms with Crippen LogP contribution in [0.25, 0.3) is 0 Å². The highest BCUT2D eigenvalue weighted by atomic mass is 16.5. The molecule has 1 N–H and O–H groups in total. The fourth-order valence-electron chi connectivity index (χ4n) is 1.94. The zero-order valence-corrected chi connectivity index (χ0v) is 12.3. The van der Waals surface area contributed by atoms with Gasteiger partial charge in [-0.2, -0.15) is 0 Å². The fourth-order valence-corrected chi connectivity index (χ4v) is 1.94. The van der Waals surface area contributed by atoms with E-state index in [1.807, 2.05) is 18.2 Å². The number of hydrogen-bond donors (Lipinski definition) is 1. The lowest BCUT2D eigenvalue weighted by Gasteiger charge is -2.30. The van der Waals surface area contributed by atoms with Crippen molar-refractivity contribution in [3.05, 3.63) is 23.8 Å². The van der Waals surface area contributed by atoms with E-state index in [2.05, 4.69) is 33.0 Å². The van der Waals surface area contributed by atoms with Gasteiger partial charge in [0.25, 0.3) is 0 Å². The van der Waals surface area contributed by atoms with E-state index < -0.39 is 0 Å². The molecule has 0 bridgehead atoms. The van der Waals surface area contributed by atoms with E-state index in [-0.39, 0.29) is 11.6 Å². The third-order valence-corrected chi connectivity index (χ3v) is 3.39. The first kappa shape index (κ1) is 14.8. The van der Waals surface area contributed by atoms with Gasteiger partial charge in [0.2, 0.25) is 0 Å². The summed E-state index contributed by atoms with van der Waals surface area (Å²) in [5.74, 6) is 1.75. The lowest BCUT2D eigenvalue weighted by atomic mass is 9.98. The molecule has 3 nitrogen and oxygen atoms in total. The van der Waals surface area contributed by atoms with Crippen molar-refractivity contribution < 1.29 is 9.47 Å². The number of hydrogen-bond acceptors (Lipinski definition) is 3. The topological polar surface area (TPSA) is 30.5 Å². The Labute approximate surface area is 110 Å². The van der Waals surface area contributed by atoms with Crippen LogP contribution in [0.2, 0.25) is 0 Å². The van der Waals surface area contributed by atoms with Crippen LogP contribution in [0.15, 0.2) is 18.2 Å². The van der Waals surface area contributed by atoms with E-state index in [4.69, 9.17) is 9.47 Å². The van der Waals surface area contributed by atoms with E-state index in [0.29, 0.717) is 0 Å². The van der Waals surface area contributed by atoms with Crippen LogP contribution < -0.4 is 14.8 Å². The normalized spacial score (nSPS) is 13.2. The van der Waals surface area contributed by atoms with E-state index in [1.165, 1.54) is 0 Å². The summed E-state index contributed by atoms with van der Waals surface area (Å²) in [7, 11) is 3.38. The highest BCUT2D eigenvalue weighted by Gasteiger charge is 2.20.